The Morgan fingerprint density at radius 2 is 1.76 bits per heavy atom. The maximum Gasteiger partial charge on any atom is 0.325 e. The molecule has 1 aliphatic carbocycles. The molecule has 2 atom stereocenters. The zero-order chi connectivity index (χ0) is 20.6. The normalized spacial score (nSPS) is 18.8. The van der Waals surface area contributed by atoms with Crippen LogP contribution < -0.4 is 10.6 Å². The monoisotopic (exact) mass is 396 g/mol. The third-order valence-corrected chi connectivity index (χ3v) is 5.48. The Hall–Kier alpha value is -2.89. The first-order chi connectivity index (χ1) is 14.0. The van der Waals surface area contributed by atoms with Gasteiger partial charge in [0.15, 0.2) is 6.61 Å². The van der Waals surface area contributed by atoms with E-state index in [1.165, 1.54) is 6.42 Å². The van der Waals surface area contributed by atoms with Crippen LogP contribution in [0.2, 0.25) is 0 Å². The molecule has 6 nitrogen and oxygen atoms in total. The van der Waals surface area contributed by atoms with E-state index in [4.69, 9.17) is 4.74 Å². The van der Waals surface area contributed by atoms with Crippen molar-refractivity contribution >= 4 is 28.6 Å². The van der Waals surface area contributed by atoms with Crippen molar-refractivity contribution < 1.29 is 19.1 Å². The van der Waals surface area contributed by atoms with Crippen LogP contribution in [0.4, 0.5) is 0 Å². The Morgan fingerprint density at radius 3 is 2.59 bits per heavy atom. The number of carbonyl (C=O) groups is 3. The molecule has 0 radical (unpaired) electrons. The third kappa shape index (κ3) is 6.04. The number of rotatable bonds is 7. The van der Waals surface area contributed by atoms with Crippen LogP contribution in [-0.2, 0) is 25.5 Å². The van der Waals surface area contributed by atoms with Crippen molar-refractivity contribution in [2.24, 2.45) is 5.92 Å². The maximum absolute atomic E-state index is 12.2. The SMILES string of the molecule is C[C@@H]1CCCC[C@H]1NC(=O)COC(=O)CNC(=O)Cc1cccc2ccccc12. The number of ether oxygens (including phenoxy) is 1. The minimum atomic E-state index is -0.622. The number of esters is 1. The van der Waals surface area contributed by atoms with Gasteiger partial charge in [0.2, 0.25) is 5.91 Å². The predicted molar refractivity (Wildman–Crippen MR) is 111 cm³/mol. The average Bonchev–Trinajstić information content (AvgIpc) is 2.73. The summed E-state index contributed by atoms with van der Waals surface area (Å²) in [6.07, 6.45) is 4.55. The molecule has 29 heavy (non-hydrogen) atoms. The summed E-state index contributed by atoms with van der Waals surface area (Å²) in [7, 11) is 0. The predicted octanol–water partition coefficient (Wildman–Crippen LogP) is 2.74. The van der Waals surface area contributed by atoms with E-state index in [2.05, 4.69) is 17.6 Å². The first kappa shape index (κ1) is 20.8. The van der Waals surface area contributed by atoms with E-state index in [0.717, 1.165) is 35.6 Å². The fourth-order valence-corrected chi connectivity index (χ4v) is 3.83. The number of amides is 2. The van der Waals surface area contributed by atoms with Gasteiger partial charge in [0.05, 0.1) is 6.42 Å². The van der Waals surface area contributed by atoms with Gasteiger partial charge in [0, 0.05) is 6.04 Å². The summed E-state index contributed by atoms with van der Waals surface area (Å²) in [4.78, 5) is 36.0. The lowest BCUT2D eigenvalue weighted by atomic mass is 9.86. The number of carbonyl (C=O) groups excluding carboxylic acids is 3. The molecule has 0 saturated heterocycles. The van der Waals surface area contributed by atoms with E-state index in [1.54, 1.807) is 0 Å². The van der Waals surface area contributed by atoms with Gasteiger partial charge in [-0.05, 0) is 35.1 Å². The summed E-state index contributed by atoms with van der Waals surface area (Å²) in [5, 5.41) is 7.58. The second-order valence-electron chi connectivity index (χ2n) is 7.69. The second-order valence-corrected chi connectivity index (χ2v) is 7.69. The van der Waals surface area contributed by atoms with Crippen molar-refractivity contribution in [1.29, 1.82) is 0 Å². The smallest absolute Gasteiger partial charge is 0.325 e. The molecule has 0 bridgehead atoms. The van der Waals surface area contributed by atoms with Crippen molar-refractivity contribution in [2.45, 2.75) is 45.1 Å². The Kier molecular flexibility index (Phi) is 7.22. The fraction of sp³-hybridized carbons (Fsp3) is 0.435. The van der Waals surface area contributed by atoms with E-state index in [-0.39, 0.29) is 37.4 Å². The van der Waals surface area contributed by atoms with Gasteiger partial charge in [0.25, 0.3) is 5.91 Å². The Labute approximate surface area is 171 Å². The molecule has 2 amide bonds. The lowest BCUT2D eigenvalue weighted by Gasteiger charge is -2.29. The quantitative estimate of drug-likeness (QED) is 0.705. The summed E-state index contributed by atoms with van der Waals surface area (Å²) in [5.41, 5.74) is 0.898. The molecule has 1 fully saturated rings. The van der Waals surface area contributed by atoms with Crippen molar-refractivity contribution in [3.8, 4) is 0 Å². The highest BCUT2D eigenvalue weighted by Gasteiger charge is 2.23. The van der Waals surface area contributed by atoms with Gasteiger partial charge < -0.3 is 15.4 Å². The van der Waals surface area contributed by atoms with Crippen LogP contribution in [0.5, 0.6) is 0 Å². The van der Waals surface area contributed by atoms with Gasteiger partial charge >= 0.3 is 5.97 Å². The fourth-order valence-electron chi connectivity index (χ4n) is 3.83. The van der Waals surface area contributed by atoms with Crippen molar-refractivity contribution in [3.63, 3.8) is 0 Å². The van der Waals surface area contributed by atoms with Crippen LogP contribution >= 0.6 is 0 Å². The van der Waals surface area contributed by atoms with Crippen LogP contribution in [0.1, 0.15) is 38.2 Å². The van der Waals surface area contributed by atoms with Gasteiger partial charge in [-0.15, -0.1) is 0 Å². The van der Waals surface area contributed by atoms with Gasteiger partial charge in [-0.3, -0.25) is 14.4 Å². The van der Waals surface area contributed by atoms with E-state index < -0.39 is 5.97 Å². The molecule has 2 N–H and O–H groups in total. The third-order valence-electron chi connectivity index (χ3n) is 5.48. The van der Waals surface area contributed by atoms with Crippen molar-refractivity contribution in [1.82, 2.24) is 10.6 Å². The van der Waals surface area contributed by atoms with E-state index in [1.807, 2.05) is 42.5 Å². The van der Waals surface area contributed by atoms with Gasteiger partial charge in [0.1, 0.15) is 6.54 Å². The van der Waals surface area contributed by atoms with E-state index >= 15 is 0 Å². The van der Waals surface area contributed by atoms with Crippen molar-refractivity contribution in [3.05, 3.63) is 48.0 Å². The molecular weight excluding hydrogens is 368 g/mol. The van der Waals surface area contributed by atoms with Crippen LogP contribution in [0.3, 0.4) is 0 Å². The number of benzene rings is 2. The van der Waals surface area contributed by atoms with Crippen LogP contribution in [0.25, 0.3) is 10.8 Å². The highest BCUT2D eigenvalue weighted by atomic mass is 16.5. The first-order valence-electron chi connectivity index (χ1n) is 10.2. The zero-order valence-electron chi connectivity index (χ0n) is 16.8. The summed E-state index contributed by atoms with van der Waals surface area (Å²) >= 11 is 0. The standard InChI is InChI=1S/C23H28N2O4/c1-16-7-2-5-12-20(16)25-22(27)15-29-23(28)14-24-21(26)13-18-10-6-9-17-8-3-4-11-19(17)18/h3-4,6,8-11,16,20H,2,5,7,12-15H2,1H3,(H,24,26)(H,25,27)/t16-,20-/m1/s1. The topological polar surface area (TPSA) is 84.5 Å². The lowest BCUT2D eigenvalue weighted by molar-refractivity contribution is -0.148. The highest BCUT2D eigenvalue weighted by molar-refractivity contribution is 5.91. The molecule has 0 heterocycles. The molecule has 154 valence electrons. The van der Waals surface area contributed by atoms with Gasteiger partial charge in [-0.25, -0.2) is 0 Å². The van der Waals surface area contributed by atoms with Crippen LogP contribution in [0, 0.1) is 5.92 Å². The summed E-state index contributed by atoms with van der Waals surface area (Å²) in [6.45, 7) is 1.56. The molecule has 6 heteroatoms. The summed E-state index contributed by atoms with van der Waals surface area (Å²) in [6, 6.07) is 13.8. The molecule has 2 aromatic carbocycles. The van der Waals surface area contributed by atoms with Gasteiger partial charge in [-0.1, -0.05) is 62.2 Å². The maximum atomic E-state index is 12.2. The second kappa shape index (κ2) is 10.0. The largest absolute Gasteiger partial charge is 0.454 e. The number of hydrogen-bond donors (Lipinski definition) is 2. The first-order valence-corrected chi connectivity index (χ1v) is 10.2. The van der Waals surface area contributed by atoms with Crippen molar-refractivity contribution in [2.75, 3.05) is 13.2 Å². The lowest BCUT2D eigenvalue weighted by Crippen LogP contribution is -2.43. The Bertz CT molecular complexity index is 875. The van der Waals surface area contributed by atoms with E-state index in [0.29, 0.717) is 5.92 Å². The summed E-state index contributed by atoms with van der Waals surface area (Å²) in [5.74, 6) is -0.738. The molecular formula is C23H28N2O4. The summed E-state index contributed by atoms with van der Waals surface area (Å²) < 4.78 is 4.99. The number of hydrogen-bond acceptors (Lipinski definition) is 4. The molecule has 1 saturated carbocycles. The minimum Gasteiger partial charge on any atom is -0.454 e. The molecule has 0 spiro atoms. The van der Waals surface area contributed by atoms with Gasteiger partial charge in [-0.2, -0.15) is 0 Å². The number of nitrogens with one attached hydrogen (secondary N) is 2. The Morgan fingerprint density at radius 1 is 1.00 bits per heavy atom. The zero-order valence-corrected chi connectivity index (χ0v) is 16.8. The van der Waals surface area contributed by atoms with E-state index in [9.17, 15) is 14.4 Å². The van der Waals surface area contributed by atoms with Crippen LogP contribution in [-0.4, -0.2) is 37.0 Å². The molecule has 3 rings (SSSR count). The Balaban J connectivity index is 1.39. The molecule has 0 unspecified atom stereocenters. The molecule has 0 aliphatic heterocycles. The molecule has 2 aromatic rings. The van der Waals surface area contributed by atoms with Crippen LogP contribution in [0.15, 0.2) is 42.5 Å². The number of fused-ring (bicyclic) bond motifs is 1. The molecule has 0 aromatic heterocycles. The minimum absolute atomic E-state index is 0.148. The average molecular weight is 396 g/mol. The molecule has 1 aliphatic rings. The highest BCUT2D eigenvalue weighted by Crippen LogP contribution is 2.23.